The average Bonchev–Trinajstić information content (AvgIpc) is 2.62. The summed E-state index contributed by atoms with van der Waals surface area (Å²) >= 11 is 7.34. The minimum absolute atomic E-state index is 0. The molecule has 1 atom stereocenters. The zero-order chi connectivity index (χ0) is 12.1. The Bertz CT molecular complexity index is 355. The van der Waals surface area contributed by atoms with Crippen molar-refractivity contribution in [3.05, 3.63) is 21.3 Å². The van der Waals surface area contributed by atoms with Gasteiger partial charge in [0.1, 0.15) is 0 Å². The Morgan fingerprint density at radius 3 is 2.65 bits per heavy atom. The molecular weight excluding hydrogens is 279 g/mol. The number of hydrogen-bond acceptors (Lipinski definition) is 3. The molecule has 0 bridgehead atoms. The molecule has 1 amide bonds. The molecule has 0 aliphatic rings. The van der Waals surface area contributed by atoms with Gasteiger partial charge >= 0.3 is 0 Å². The van der Waals surface area contributed by atoms with E-state index in [0.717, 1.165) is 10.8 Å². The minimum atomic E-state index is -0.424. The van der Waals surface area contributed by atoms with Gasteiger partial charge in [0.05, 0.1) is 10.4 Å². The molecule has 0 aliphatic heterocycles. The zero-order valence-electron chi connectivity index (χ0n) is 9.90. The second-order valence-corrected chi connectivity index (χ2v) is 5.82. The van der Waals surface area contributed by atoms with Gasteiger partial charge in [-0.1, -0.05) is 25.4 Å². The lowest BCUT2D eigenvalue weighted by Crippen LogP contribution is -2.44. The van der Waals surface area contributed by atoms with Gasteiger partial charge < -0.3 is 11.1 Å². The Balaban J connectivity index is 0.00000256. The number of amides is 1. The smallest absolute Gasteiger partial charge is 0.237 e. The highest BCUT2D eigenvalue weighted by molar-refractivity contribution is 7.16. The number of thiophene rings is 1. The van der Waals surface area contributed by atoms with Crippen LogP contribution in [0.15, 0.2) is 12.1 Å². The van der Waals surface area contributed by atoms with Crippen molar-refractivity contribution in [1.82, 2.24) is 5.32 Å². The molecule has 3 nitrogen and oxygen atoms in total. The van der Waals surface area contributed by atoms with E-state index in [0.29, 0.717) is 6.54 Å². The van der Waals surface area contributed by atoms with Crippen molar-refractivity contribution < 1.29 is 4.79 Å². The third kappa shape index (κ3) is 5.73. The fourth-order valence-electron chi connectivity index (χ4n) is 1.22. The molecule has 0 radical (unpaired) electrons. The molecule has 1 aromatic heterocycles. The van der Waals surface area contributed by atoms with Crippen LogP contribution in [0.25, 0.3) is 0 Å². The summed E-state index contributed by atoms with van der Waals surface area (Å²) in [5, 5.41) is 2.82. The highest BCUT2D eigenvalue weighted by Gasteiger charge is 2.16. The predicted octanol–water partition coefficient (Wildman–Crippen LogP) is 2.47. The Morgan fingerprint density at radius 2 is 2.18 bits per heavy atom. The number of carbonyl (C=O) groups excluding carboxylic acids is 1. The molecule has 1 rings (SSSR count). The van der Waals surface area contributed by atoms with E-state index in [1.807, 2.05) is 26.0 Å². The van der Waals surface area contributed by atoms with Crippen LogP contribution in [0.4, 0.5) is 0 Å². The van der Waals surface area contributed by atoms with E-state index in [4.69, 9.17) is 17.3 Å². The van der Waals surface area contributed by atoms with E-state index < -0.39 is 6.04 Å². The highest BCUT2D eigenvalue weighted by atomic mass is 35.5. The van der Waals surface area contributed by atoms with Crippen molar-refractivity contribution in [1.29, 1.82) is 0 Å². The second kappa shape index (κ2) is 7.93. The third-order valence-electron chi connectivity index (χ3n) is 2.32. The summed E-state index contributed by atoms with van der Waals surface area (Å²) in [4.78, 5) is 12.7. The average molecular weight is 297 g/mol. The van der Waals surface area contributed by atoms with E-state index in [-0.39, 0.29) is 24.2 Å². The lowest BCUT2D eigenvalue weighted by molar-refractivity contribution is -0.123. The molecule has 0 aliphatic carbocycles. The molecular formula is C11H18Cl2N2OS. The standard InChI is InChI=1S/C11H17ClN2OS.ClH/c1-7(2)10(13)11(15)14-6-5-8-3-4-9(12)16-8;/h3-4,7,10H,5-6,13H2,1-2H3,(H,14,15);1H/t10-;/m1./s1. The van der Waals surface area contributed by atoms with Crippen LogP contribution < -0.4 is 11.1 Å². The molecule has 0 saturated carbocycles. The van der Waals surface area contributed by atoms with Gasteiger partial charge in [0.15, 0.2) is 0 Å². The van der Waals surface area contributed by atoms with Gasteiger partial charge in [-0.05, 0) is 24.5 Å². The van der Waals surface area contributed by atoms with Crippen molar-refractivity contribution in [3.63, 3.8) is 0 Å². The van der Waals surface area contributed by atoms with E-state index in [2.05, 4.69) is 5.32 Å². The Kier molecular flexibility index (Phi) is 7.79. The molecule has 0 unspecified atom stereocenters. The van der Waals surface area contributed by atoms with E-state index >= 15 is 0 Å². The van der Waals surface area contributed by atoms with Crippen LogP contribution in [-0.2, 0) is 11.2 Å². The molecule has 0 saturated heterocycles. The lowest BCUT2D eigenvalue weighted by Gasteiger charge is -2.14. The monoisotopic (exact) mass is 296 g/mol. The number of nitrogens with two attached hydrogens (primary N) is 1. The molecule has 1 aromatic rings. The normalized spacial score (nSPS) is 12.1. The van der Waals surface area contributed by atoms with Gasteiger partial charge in [0.2, 0.25) is 5.91 Å². The highest BCUT2D eigenvalue weighted by Crippen LogP contribution is 2.21. The summed E-state index contributed by atoms with van der Waals surface area (Å²) in [7, 11) is 0. The quantitative estimate of drug-likeness (QED) is 0.877. The van der Waals surface area contributed by atoms with Crippen LogP contribution in [0, 0.1) is 5.92 Å². The number of nitrogens with one attached hydrogen (secondary N) is 1. The topological polar surface area (TPSA) is 55.1 Å². The van der Waals surface area contributed by atoms with Crippen molar-refractivity contribution in [2.24, 2.45) is 11.7 Å². The van der Waals surface area contributed by atoms with Gasteiger partial charge in [0.25, 0.3) is 0 Å². The third-order valence-corrected chi connectivity index (χ3v) is 3.61. The molecule has 17 heavy (non-hydrogen) atoms. The molecule has 3 N–H and O–H groups in total. The van der Waals surface area contributed by atoms with Gasteiger partial charge in [-0.2, -0.15) is 0 Å². The maximum atomic E-state index is 11.5. The number of rotatable bonds is 5. The van der Waals surface area contributed by atoms with E-state index in [9.17, 15) is 4.79 Å². The Hall–Kier alpha value is -0.290. The van der Waals surface area contributed by atoms with Crippen molar-refractivity contribution >= 4 is 41.3 Å². The van der Waals surface area contributed by atoms with Crippen LogP contribution in [0.3, 0.4) is 0 Å². The Labute approximate surface area is 117 Å². The fraction of sp³-hybridized carbons (Fsp3) is 0.545. The molecule has 0 aromatic carbocycles. The van der Waals surface area contributed by atoms with Crippen LogP contribution in [0.2, 0.25) is 4.34 Å². The lowest BCUT2D eigenvalue weighted by atomic mass is 10.1. The van der Waals surface area contributed by atoms with E-state index in [1.54, 1.807) is 0 Å². The summed E-state index contributed by atoms with van der Waals surface area (Å²) in [6.45, 7) is 4.47. The summed E-state index contributed by atoms with van der Waals surface area (Å²) in [6.07, 6.45) is 0.800. The maximum Gasteiger partial charge on any atom is 0.237 e. The summed E-state index contributed by atoms with van der Waals surface area (Å²) in [6, 6.07) is 3.41. The number of halogens is 2. The van der Waals surface area contributed by atoms with Gasteiger partial charge in [0, 0.05) is 11.4 Å². The van der Waals surface area contributed by atoms with Crippen LogP contribution in [0.1, 0.15) is 18.7 Å². The van der Waals surface area contributed by atoms with Crippen molar-refractivity contribution in [2.45, 2.75) is 26.3 Å². The van der Waals surface area contributed by atoms with Gasteiger partial charge in [-0.3, -0.25) is 4.79 Å². The van der Waals surface area contributed by atoms with Gasteiger partial charge in [-0.15, -0.1) is 23.7 Å². The first-order valence-electron chi connectivity index (χ1n) is 5.28. The Morgan fingerprint density at radius 1 is 1.53 bits per heavy atom. The maximum absolute atomic E-state index is 11.5. The first-order valence-corrected chi connectivity index (χ1v) is 6.47. The first-order chi connectivity index (χ1) is 7.50. The molecule has 0 spiro atoms. The largest absolute Gasteiger partial charge is 0.354 e. The predicted molar refractivity (Wildman–Crippen MR) is 76.1 cm³/mol. The number of carbonyl (C=O) groups is 1. The SMILES string of the molecule is CC(C)[C@@H](N)C(=O)NCCc1ccc(Cl)s1.Cl. The van der Waals surface area contributed by atoms with Crippen molar-refractivity contribution in [2.75, 3.05) is 6.54 Å². The zero-order valence-corrected chi connectivity index (χ0v) is 12.3. The minimum Gasteiger partial charge on any atom is -0.354 e. The van der Waals surface area contributed by atoms with Crippen LogP contribution in [0.5, 0.6) is 0 Å². The van der Waals surface area contributed by atoms with Gasteiger partial charge in [-0.25, -0.2) is 0 Å². The first kappa shape index (κ1) is 16.7. The van der Waals surface area contributed by atoms with Crippen molar-refractivity contribution in [3.8, 4) is 0 Å². The summed E-state index contributed by atoms with van der Waals surface area (Å²) in [5.74, 6) is 0.0776. The number of hydrogen-bond donors (Lipinski definition) is 2. The summed E-state index contributed by atoms with van der Waals surface area (Å²) < 4.78 is 0.778. The summed E-state index contributed by atoms with van der Waals surface area (Å²) in [5.41, 5.74) is 5.71. The van der Waals surface area contributed by atoms with Crippen LogP contribution >= 0.6 is 35.3 Å². The second-order valence-electron chi connectivity index (χ2n) is 4.02. The molecule has 0 fully saturated rings. The molecule has 1 heterocycles. The van der Waals surface area contributed by atoms with Crippen LogP contribution in [-0.4, -0.2) is 18.5 Å². The van der Waals surface area contributed by atoms with E-state index in [1.165, 1.54) is 16.2 Å². The molecule has 6 heteroatoms. The molecule has 98 valence electrons. The fourth-order valence-corrected chi connectivity index (χ4v) is 2.30.